The average molecular weight is 365 g/mol. The number of hydrogen-bond acceptors (Lipinski definition) is 4. The Bertz CT molecular complexity index is 689. The molecular weight excluding hydrogens is 348 g/mol. The van der Waals surface area contributed by atoms with Crippen molar-refractivity contribution >= 4 is 21.6 Å². The Hall–Kier alpha value is -2.08. The standard InChI is InChI=1S/C16H17BrN2O3/c1-16(2,3)22-18-14(11-6-4-7-12(17)10-11)15-13(20)8-5-9-19(15)21/h4-10,20H,1-3H3/b18-14-. The molecule has 2 aromatic rings. The first-order valence-corrected chi connectivity index (χ1v) is 7.51. The van der Waals surface area contributed by atoms with Crippen molar-refractivity contribution in [3.63, 3.8) is 0 Å². The van der Waals surface area contributed by atoms with E-state index in [4.69, 9.17) is 4.84 Å². The lowest BCUT2D eigenvalue weighted by molar-refractivity contribution is -0.607. The fourth-order valence-corrected chi connectivity index (χ4v) is 2.15. The minimum Gasteiger partial charge on any atom is -0.618 e. The summed E-state index contributed by atoms with van der Waals surface area (Å²) in [6.45, 7) is 5.56. The molecule has 0 aliphatic rings. The zero-order valence-electron chi connectivity index (χ0n) is 12.6. The third-order valence-corrected chi connectivity index (χ3v) is 3.16. The molecule has 0 atom stereocenters. The molecule has 0 radical (unpaired) electrons. The largest absolute Gasteiger partial charge is 0.618 e. The van der Waals surface area contributed by atoms with Crippen molar-refractivity contribution in [3.8, 4) is 5.75 Å². The van der Waals surface area contributed by atoms with Gasteiger partial charge in [0, 0.05) is 16.1 Å². The first kappa shape index (κ1) is 16.3. The van der Waals surface area contributed by atoms with E-state index in [-0.39, 0.29) is 17.2 Å². The molecule has 0 saturated heterocycles. The maximum absolute atomic E-state index is 12.1. The smallest absolute Gasteiger partial charge is 0.288 e. The highest BCUT2D eigenvalue weighted by Gasteiger charge is 2.23. The van der Waals surface area contributed by atoms with E-state index in [0.29, 0.717) is 10.3 Å². The van der Waals surface area contributed by atoms with E-state index in [2.05, 4.69) is 21.1 Å². The number of aromatic nitrogens is 1. The SMILES string of the molecule is CC(C)(C)O/N=C(/c1cccc(Br)c1)c1c(O)ccc[n+]1[O-]. The Labute approximate surface area is 137 Å². The number of pyridine rings is 1. The van der Waals surface area contributed by atoms with E-state index >= 15 is 0 Å². The van der Waals surface area contributed by atoms with Gasteiger partial charge in [-0.05, 0) is 39.0 Å². The van der Waals surface area contributed by atoms with Gasteiger partial charge in [-0.3, -0.25) is 0 Å². The van der Waals surface area contributed by atoms with Crippen molar-refractivity contribution in [1.82, 2.24) is 0 Å². The minimum absolute atomic E-state index is 0.0462. The summed E-state index contributed by atoms with van der Waals surface area (Å²) in [6, 6.07) is 10.2. The molecular formula is C16H17BrN2O3. The highest BCUT2D eigenvalue weighted by atomic mass is 79.9. The van der Waals surface area contributed by atoms with E-state index in [1.165, 1.54) is 18.3 Å². The van der Waals surface area contributed by atoms with Crippen LogP contribution in [-0.4, -0.2) is 16.4 Å². The van der Waals surface area contributed by atoms with Crippen molar-refractivity contribution in [2.75, 3.05) is 0 Å². The zero-order valence-corrected chi connectivity index (χ0v) is 14.2. The highest BCUT2D eigenvalue weighted by Crippen LogP contribution is 2.21. The summed E-state index contributed by atoms with van der Waals surface area (Å²) >= 11 is 3.39. The molecule has 6 heteroatoms. The predicted molar refractivity (Wildman–Crippen MR) is 87.7 cm³/mol. The number of rotatable bonds is 3. The van der Waals surface area contributed by atoms with Gasteiger partial charge in [0.15, 0.2) is 17.7 Å². The molecule has 22 heavy (non-hydrogen) atoms. The van der Waals surface area contributed by atoms with Crippen LogP contribution in [0.25, 0.3) is 0 Å². The second-order valence-corrected chi connectivity index (χ2v) is 6.64. The third-order valence-electron chi connectivity index (χ3n) is 2.67. The minimum atomic E-state index is -0.518. The monoisotopic (exact) mass is 364 g/mol. The Balaban J connectivity index is 2.61. The van der Waals surface area contributed by atoms with Crippen LogP contribution in [0.4, 0.5) is 0 Å². The fourth-order valence-electron chi connectivity index (χ4n) is 1.76. The average Bonchev–Trinajstić information content (AvgIpc) is 2.41. The molecule has 116 valence electrons. The molecule has 0 aliphatic heterocycles. The lowest BCUT2D eigenvalue weighted by atomic mass is 10.1. The maximum Gasteiger partial charge on any atom is 0.288 e. The normalized spacial score (nSPS) is 12.3. The van der Waals surface area contributed by atoms with Gasteiger partial charge in [-0.15, -0.1) is 0 Å². The van der Waals surface area contributed by atoms with Crippen molar-refractivity contribution in [3.05, 3.63) is 63.5 Å². The number of nitrogens with zero attached hydrogens (tertiary/aromatic N) is 2. The summed E-state index contributed by atoms with van der Waals surface area (Å²) in [6.07, 6.45) is 1.31. The number of benzene rings is 1. The van der Waals surface area contributed by atoms with Gasteiger partial charge in [0.2, 0.25) is 0 Å². The molecule has 0 unspecified atom stereocenters. The van der Waals surface area contributed by atoms with Crippen molar-refractivity contribution in [2.24, 2.45) is 5.16 Å². The van der Waals surface area contributed by atoms with Crippen LogP contribution >= 0.6 is 15.9 Å². The van der Waals surface area contributed by atoms with Crippen LogP contribution in [0.15, 0.2) is 52.2 Å². The van der Waals surface area contributed by atoms with Crippen molar-refractivity contribution < 1.29 is 14.7 Å². The molecule has 1 heterocycles. The van der Waals surface area contributed by atoms with Crippen LogP contribution in [0.3, 0.4) is 0 Å². The first-order chi connectivity index (χ1) is 10.3. The lowest BCUT2D eigenvalue weighted by Crippen LogP contribution is -2.35. The van der Waals surface area contributed by atoms with Gasteiger partial charge in [0.05, 0.1) is 0 Å². The van der Waals surface area contributed by atoms with E-state index in [9.17, 15) is 10.3 Å². The molecule has 1 aromatic heterocycles. The van der Waals surface area contributed by atoms with Crippen LogP contribution in [0.2, 0.25) is 0 Å². The van der Waals surface area contributed by atoms with E-state index in [0.717, 1.165) is 4.47 Å². The molecule has 0 spiro atoms. The van der Waals surface area contributed by atoms with Crippen LogP contribution in [-0.2, 0) is 4.84 Å². The van der Waals surface area contributed by atoms with Gasteiger partial charge in [0.1, 0.15) is 5.60 Å². The van der Waals surface area contributed by atoms with Crippen LogP contribution in [0.5, 0.6) is 5.75 Å². The van der Waals surface area contributed by atoms with Gasteiger partial charge in [-0.1, -0.05) is 33.2 Å². The second kappa shape index (κ2) is 6.36. The summed E-state index contributed by atoms with van der Waals surface area (Å²) in [4.78, 5) is 5.46. The van der Waals surface area contributed by atoms with Crippen molar-refractivity contribution in [2.45, 2.75) is 26.4 Å². The Morgan fingerprint density at radius 2 is 2.00 bits per heavy atom. The van der Waals surface area contributed by atoms with E-state index in [1.807, 2.05) is 32.9 Å². The number of halogens is 1. The summed E-state index contributed by atoms with van der Waals surface area (Å²) in [5, 5.41) is 26.2. The molecule has 5 nitrogen and oxygen atoms in total. The Morgan fingerprint density at radius 3 is 2.59 bits per heavy atom. The van der Waals surface area contributed by atoms with E-state index in [1.54, 1.807) is 12.1 Å². The maximum atomic E-state index is 12.1. The van der Waals surface area contributed by atoms with Gasteiger partial charge < -0.3 is 15.2 Å². The summed E-state index contributed by atoms with van der Waals surface area (Å²) in [5.74, 6) is -0.159. The van der Waals surface area contributed by atoms with Gasteiger partial charge in [-0.25, -0.2) is 0 Å². The molecule has 0 aliphatic carbocycles. The summed E-state index contributed by atoms with van der Waals surface area (Å²) in [5.41, 5.74) is 0.453. The van der Waals surface area contributed by atoms with Crippen LogP contribution in [0.1, 0.15) is 32.0 Å². The topological polar surface area (TPSA) is 68.8 Å². The molecule has 1 aromatic carbocycles. The molecule has 0 saturated carbocycles. The lowest BCUT2D eigenvalue weighted by Gasteiger charge is -2.17. The van der Waals surface area contributed by atoms with Crippen LogP contribution < -0.4 is 4.73 Å². The Morgan fingerprint density at radius 1 is 1.27 bits per heavy atom. The predicted octanol–water partition coefficient (Wildman–Crippen LogP) is 3.36. The quantitative estimate of drug-likeness (QED) is 0.393. The number of aromatic hydroxyl groups is 1. The summed E-state index contributed by atoms with van der Waals surface area (Å²) < 4.78 is 1.41. The first-order valence-electron chi connectivity index (χ1n) is 6.71. The van der Waals surface area contributed by atoms with Gasteiger partial charge in [0.25, 0.3) is 5.69 Å². The fraction of sp³-hybridized carbons (Fsp3) is 0.250. The molecule has 0 bridgehead atoms. The molecule has 0 fully saturated rings. The zero-order chi connectivity index (χ0) is 16.3. The molecule has 0 amide bonds. The number of oxime groups is 1. The molecule has 1 N–H and O–H groups in total. The number of hydrogen-bond donors (Lipinski definition) is 1. The van der Waals surface area contributed by atoms with Gasteiger partial charge >= 0.3 is 0 Å². The van der Waals surface area contributed by atoms with Crippen molar-refractivity contribution in [1.29, 1.82) is 0 Å². The van der Waals surface area contributed by atoms with E-state index < -0.39 is 5.60 Å². The molecule has 2 rings (SSSR count). The third kappa shape index (κ3) is 3.98. The van der Waals surface area contributed by atoms with Gasteiger partial charge in [-0.2, -0.15) is 4.73 Å². The second-order valence-electron chi connectivity index (χ2n) is 5.72. The van der Waals surface area contributed by atoms with Crippen LogP contribution in [0, 0.1) is 5.21 Å². The summed E-state index contributed by atoms with van der Waals surface area (Å²) in [7, 11) is 0. The highest BCUT2D eigenvalue weighted by molar-refractivity contribution is 9.10. The Kier molecular flexibility index (Phi) is 4.71.